The highest BCUT2D eigenvalue weighted by molar-refractivity contribution is 5.57. The third-order valence-corrected chi connectivity index (χ3v) is 3.59. The number of hydrogen-bond acceptors (Lipinski definition) is 1. The van der Waals surface area contributed by atoms with E-state index in [0.29, 0.717) is 5.41 Å². The molecule has 0 spiro atoms. The van der Waals surface area contributed by atoms with Gasteiger partial charge in [0.2, 0.25) is 0 Å². The summed E-state index contributed by atoms with van der Waals surface area (Å²) in [6.07, 6.45) is 12.5. The van der Waals surface area contributed by atoms with Crippen molar-refractivity contribution >= 4 is 6.21 Å². The summed E-state index contributed by atoms with van der Waals surface area (Å²) in [5.74, 6) is 0.879. The lowest BCUT2D eigenvalue weighted by molar-refractivity contribution is 0.529. The number of rotatable bonds is 6. The van der Waals surface area contributed by atoms with E-state index in [2.05, 4.69) is 44.1 Å². The molecule has 1 aliphatic carbocycles. The molecule has 0 heterocycles. The van der Waals surface area contributed by atoms with Crippen molar-refractivity contribution in [3.05, 3.63) is 48.7 Å². The Hall–Kier alpha value is -1.37. The van der Waals surface area contributed by atoms with Gasteiger partial charge in [0, 0.05) is 6.21 Å². The lowest BCUT2D eigenvalue weighted by Gasteiger charge is -2.03. The molecular formula is C16H23N. The molecule has 0 aliphatic heterocycles. The van der Waals surface area contributed by atoms with Gasteiger partial charge in [0.05, 0.1) is 5.70 Å². The highest BCUT2D eigenvalue weighted by atomic mass is 14.7. The van der Waals surface area contributed by atoms with Crippen LogP contribution in [0, 0.1) is 11.3 Å². The third kappa shape index (κ3) is 4.18. The Bertz CT molecular complexity index is 384. The van der Waals surface area contributed by atoms with E-state index in [1.54, 1.807) is 6.21 Å². The van der Waals surface area contributed by atoms with Gasteiger partial charge in [-0.2, -0.15) is 0 Å². The summed E-state index contributed by atoms with van der Waals surface area (Å²) in [7, 11) is 0. The van der Waals surface area contributed by atoms with E-state index >= 15 is 0 Å². The Morgan fingerprint density at radius 1 is 1.41 bits per heavy atom. The summed E-state index contributed by atoms with van der Waals surface area (Å²) in [6, 6.07) is 0. The minimum atomic E-state index is 0.553. The molecule has 0 radical (unpaired) electrons. The van der Waals surface area contributed by atoms with E-state index in [1.165, 1.54) is 12.8 Å². The summed E-state index contributed by atoms with van der Waals surface area (Å²) in [5, 5.41) is 0. The molecule has 2 atom stereocenters. The van der Waals surface area contributed by atoms with Crippen molar-refractivity contribution < 1.29 is 0 Å². The first-order chi connectivity index (χ1) is 7.99. The SMILES string of the molecule is C=C(/C=C\C=C/CC1(C)CC1C)C(=C)N=CC. The highest BCUT2D eigenvalue weighted by Crippen LogP contribution is 2.54. The predicted molar refractivity (Wildman–Crippen MR) is 77.2 cm³/mol. The summed E-state index contributed by atoms with van der Waals surface area (Å²) in [6.45, 7) is 14.3. The Labute approximate surface area is 105 Å². The second-order valence-electron chi connectivity index (χ2n) is 5.11. The van der Waals surface area contributed by atoms with Crippen molar-refractivity contribution in [1.82, 2.24) is 0 Å². The van der Waals surface area contributed by atoms with E-state index in [0.717, 1.165) is 17.2 Å². The molecule has 17 heavy (non-hydrogen) atoms. The van der Waals surface area contributed by atoms with E-state index in [9.17, 15) is 0 Å². The molecule has 0 aromatic carbocycles. The van der Waals surface area contributed by atoms with Crippen LogP contribution >= 0.6 is 0 Å². The van der Waals surface area contributed by atoms with Crippen LogP contribution in [0.2, 0.25) is 0 Å². The van der Waals surface area contributed by atoms with Crippen LogP contribution in [0.1, 0.15) is 33.6 Å². The Balaban J connectivity index is 2.32. The maximum Gasteiger partial charge on any atom is 0.0620 e. The van der Waals surface area contributed by atoms with Crippen molar-refractivity contribution in [1.29, 1.82) is 0 Å². The maximum absolute atomic E-state index is 4.09. The highest BCUT2D eigenvalue weighted by Gasteiger charge is 2.44. The van der Waals surface area contributed by atoms with Gasteiger partial charge in [-0.15, -0.1) is 0 Å². The lowest BCUT2D eigenvalue weighted by Crippen LogP contribution is -1.92. The van der Waals surface area contributed by atoms with Gasteiger partial charge in [-0.25, -0.2) is 0 Å². The smallest absolute Gasteiger partial charge is 0.0620 e. The summed E-state index contributed by atoms with van der Waals surface area (Å²) in [4.78, 5) is 4.09. The van der Waals surface area contributed by atoms with E-state index in [1.807, 2.05) is 19.1 Å². The van der Waals surface area contributed by atoms with Crippen molar-refractivity contribution in [2.24, 2.45) is 16.3 Å². The van der Waals surface area contributed by atoms with Crippen molar-refractivity contribution in [2.75, 3.05) is 0 Å². The number of aliphatic imine (C=N–C) groups is 1. The zero-order valence-electron chi connectivity index (χ0n) is 11.2. The Morgan fingerprint density at radius 2 is 2.06 bits per heavy atom. The molecule has 1 heteroatoms. The molecule has 1 fully saturated rings. The molecule has 0 amide bonds. The van der Waals surface area contributed by atoms with Gasteiger partial charge < -0.3 is 0 Å². The van der Waals surface area contributed by atoms with Crippen LogP contribution in [0.3, 0.4) is 0 Å². The largest absolute Gasteiger partial charge is 0.262 e. The van der Waals surface area contributed by atoms with Crippen LogP contribution in [-0.2, 0) is 0 Å². The van der Waals surface area contributed by atoms with Gasteiger partial charge in [0.1, 0.15) is 0 Å². The second-order valence-corrected chi connectivity index (χ2v) is 5.11. The molecule has 92 valence electrons. The molecule has 1 saturated carbocycles. The normalized spacial score (nSPS) is 28.3. The zero-order valence-corrected chi connectivity index (χ0v) is 11.2. The number of hydrogen-bond donors (Lipinski definition) is 0. The van der Waals surface area contributed by atoms with E-state index in [4.69, 9.17) is 0 Å². The molecule has 0 aromatic rings. The average Bonchev–Trinajstić information content (AvgIpc) is 2.86. The van der Waals surface area contributed by atoms with Gasteiger partial charge in [0.15, 0.2) is 0 Å². The zero-order chi connectivity index (χ0) is 12.9. The fourth-order valence-corrected chi connectivity index (χ4v) is 1.85. The first-order valence-corrected chi connectivity index (χ1v) is 6.19. The molecule has 0 N–H and O–H groups in total. The fraction of sp³-hybridized carbons (Fsp3) is 0.438. The van der Waals surface area contributed by atoms with E-state index in [-0.39, 0.29) is 0 Å². The topological polar surface area (TPSA) is 12.4 Å². The summed E-state index contributed by atoms with van der Waals surface area (Å²) < 4.78 is 0. The van der Waals surface area contributed by atoms with E-state index < -0.39 is 0 Å². The molecule has 0 bridgehead atoms. The molecule has 0 aromatic heterocycles. The van der Waals surface area contributed by atoms with Gasteiger partial charge in [-0.3, -0.25) is 4.99 Å². The van der Waals surface area contributed by atoms with Crippen LogP contribution in [-0.4, -0.2) is 6.21 Å². The van der Waals surface area contributed by atoms with Crippen LogP contribution in [0.5, 0.6) is 0 Å². The third-order valence-electron chi connectivity index (χ3n) is 3.59. The molecule has 1 rings (SSSR count). The van der Waals surface area contributed by atoms with Crippen molar-refractivity contribution in [3.63, 3.8) is 0 Å². The van der Waals surface area contributed by atoms with Gasteiger partial charge in [0.25, 0.3) is 0 Å². The van der Waals surface area contributed by atoms with Crippen LogP contribution < -0.4 is 0 Å². The Morgan fingerprint density at radius 3 is 2.59 bits per heavy atom. The molecule has 1 aliphatic rings. The lowest BCUT2D eigenvalue weighted by atomic mass is 10.0. The van der Waals surface area contributed by atoms with Crippen LogP contribution in [0.4, 0.5) is 0 Å². The fourth-order valence-electron chi connectivity index (χ4n) is 1.85. The van der Waals surface area contributed by atoms with Crippen molar-refractivity contribution in [3.8, 4) is 0 Å². The quantitative estimate of drug-likeness (QED) is 0.462. The van der Waals surface area contributed by atoms with Gasteiger partial charge in [-0.05, 0) is 36.7 Å². The average molecular weight is 229 g/mol. The molecule has 1 nitrogen and oxygen atoms in total. The number of nitrogens with zero attached hydrogens (tertiary/aromatic N) is 1. The van der Waals surface area contributed by atoms with Crippen molar-refractivity contribution in [2.45, 2.75) is 33.6 Å². The monoisotopic (exact) mass is 229 g/mol. The standard InChI is InChI=1S/C16H23N/c1-6-17-15(4)13(2)10-8-7-9-11-16(5)12-14(16)3/h6-10,14H,2,4,11-12H2,1,3,5H3/b9-7-,10-8-,17-6?. The van der Waals surface area contributed by atoms with Crippen LogP contribution in [0.15, 0.2) is 53.7 Å². The molecular weight excluding hydrogens is 206 g/mol. The maximum atomic E-state index is 4.09. The molecule has 0 saturated heterocycles. The van der Waals surface area contributed by atoms with Gasteiger partial charge in [-0.1, -0.05) is 51.3 Å². The summed E-state index contributed by atoms with van der Waals surface area (Å²) in [5.41, 5.74) is 2.14. The van der Waals surface area contributed by atoms with Gasteiger partial charge >= 0.3 is 0 Å². The first-order valence-electron chi connectivity index (χ1n) is 6.19. The number of allylic oxidation sites excluding steroid dienone is 4. The minimum Gasteiger partial charge on any atom is -0.262 e. The predicted octanol–water partition coefficient (Wildman–Crippen LogP) is 4.70. The second kappa shape index (κ2) is 5.81. The minimum absolute atomic E-state index is 0.553. The molecule has 2 unspecified atom stereocenters. The van der Waals surface area contributed by atoms with Crippen LogP contribution in [0.25, 0.3) is 0 Å². The first kappa shape index (κ1) is 13.7. The Kier molecular flexibility index (Phi) is 4.68. The summed E-state index contributed by atoms with van der Waals surface area (Å²) >= 11 is 0.